The highest BCUT2D eigenvalue weighted by Crippen LogP contribution is 2.26. The summed E-state index contributed by atoms with van der Waals surface area (Å²) in [4.78, 5) is 0. The molecule has 0 aromatic heterocycles. The number of rotatable bonds is 10. The molecule has 0 atom stereocenters. The minimum atomic E-state index is 0.761. The molecule has 0 fully saturated rings. The van der Waals surface area contributed by atoms with E-state index in [1.807, 2.05) is 18.2 Å². The van der Waals surface area contributed by atoms with Gasteiger partial charge >= 0.3 is 0 Å². The van der Waals surface area contributed by atoms with E-state index in [4.69, 9.17) is 9.47 Å². The van der Waals surface area contributed by atoms with Crippen LogP contribution in [0.1, 0.15) is 52.4 Å². The molecule has 0 N–H and O–H groups in total. The zero-order valence-electron chi connectivity index (χ0n) is 11.7. The van der Waals surface area contributed by atoms with Crippen molar-refractivity contribution < 1.29 is 9.47 Å². The average Bonchev–Trinajstić information content (AvgIpc) is 2.41. The summed E-state index contributed by atoms with van der Waals surface area (Å²) in [5.41, 5.74) is 0. The number of benzene rings is 1. The van der Waals surface area contributed by atoms with E-state index in [2.05, 4.69) is 19.9 Å². The molecule has 0 heterocycles. The molecule has 1 aromatic rings. The monoisotopic (exact) mass is 249 g/mol. The van der Waals surface area contributed by atoms with Crippen LogP contribution in [0.2, 0.25) is 0 Å². The van der Waals surface area contributed by atoms with E-state index in [1.54, 1.807) is 0 Å². The zero-order valence-corrected chi connectivity index (χ0v) is 11.7. The Hall–Kier alpha value is -1.18. The highest BCUT2D eigenvalue weighted by molar-refractivity contribution is 5.38. The lowest BCUT2D eigenvalue weighted by molar-refractivity contribution is 0.259. The Morgan fingerprint density at radius 2 is 1.50 bits per heavy atom. The van der Waals surface area contributed by atoms with Crippen molar-refractivity contribution in [3.63, 3.8) is 0 Å². The van der Waals surface area contributed by atoms with E-state index in [0.29, 0.717) is 0 Å². The van der Waals surface area contributed by atoms with Crippen LogP contribution in [0.25, 0.3) is 0 Å². The van der Waals surface area contributed by atoms with Crippen LogP contribution >= 0.6 is 0 Å². The molecule has 0 aliphatic carbocycles. The molecule has 0 bridgehead atoms. The van der Waals surface area contributed by atoms with Crippen LogP contribution in [0.4, 0.5) is 0 Å². The molecule has 1 rings (SSSR count). The fraction of sp³-hybridized carbons (Fsp3) is 0.625. The topological polar surface area (TPSA) is 18.5 Å². The van der Waals surface area contributed by atoms with Crippen LogP contribution in [-0.4, -0.2) is 13.2 Å². The molecule has 0 saturated heterocycles. The normalized spacial score (nSPS) is 10.3. The Labute approximate surface area is 111 Å². The summed E-state index contributed by atoms with van der Waals surface area (Å²) in [5.74, 6) is 1.67. The van der Waals surface area contributed by atoms with Gasteiger partial charge in [-0.05, 0) is 31.0 Å². The number of hydrogen-bond acceptors (Lipinski definition) is 2. The molecule has 0 unspecified atom stereocenters. The SMILES string of the molecule is CCCCCOc1c[c]ccc1OCCCCC. The molecule has 1 aromatic carbocycles. The van der Waals surface area contributed by atoms with E-state index in [9.17, 15) is 0 Å². The van der Waals surface area contributed by atoms with E-state index < -0.39 is 0 Å². The van der Waals surface area contributed by atoms with Gasteiger partial charge in [-0.25, -0.2) is 0 Å². The Bertz CT molecular complexity index is 279. The molecule has 0 aliphatic rings. The van der Waals surface area contributed by atoms with Crippen LogP contribution in [-0.2, 0) is 0 Å². The van der Waals surface area contributed by atoms with E-state index in [0.717, 1.165) is 37.6 Å². The lowest BCUT2D eigenvalue weighted by Crippen LogP contribution is -2.02. The van der Waals surface area contributed by atoms with Crippen LogP contribution in [0.3, 0.4) is 0 Å². The fourth-order valence-corrected chi connectivity index (χ4v) is 1.70. The van der Waals surface area contributed by atoms with Gasteiger partial charge in [0.15, 0.2) is 11.5 Å². The first-order valence-electron chi connectivity index (χ1n) is 7.14. The summed E-state index contributed by atoms with van der Waals surface area (Å²) in [6.45, 7) is 5.92. The van der Waals surface area contributed by atoms with Gasteiger partial charge in [0.25, 0.3) is 0 Å². The van der Waals surface area contributed by atoms with Crippen LogP contribution in [0, 0.1) is 6.07 Å². The first-order chi connectivity index (χ1) is 8.88. The lowest BCUT2D eigenvalue weighted by atomic mass is 10.2. The highest BCUT2D eigenvalue weighted by Gasteiger charge is 2.03. The van der Waals surface area contributed by atoms with Gasteiger partial charge in [-0.2, -0.15) is 0 Å². The van der Waals surface area contributed by atoms with Crippen molar-refractivity contribution in [2.45, 2.75) is 52.4 Å². The van der Waals surface area contributed by atoms with Gasteiger partial charge in [0.05, 0.1) is 13.2 Å². The van der Waals surface area contributed by atoms with E-state index in [1.165, 1.54) is 25.7 Å². The van der Waals surface area contributed by atoms with Crippen LogP contribution in [0.5, 0.6) is 11.5 Å². The van der Waals surface area contributed by atoms with Gasteiger partial charge in [0, 0.05) is 0 Å². The lowest BCUT2D eigenvalue weighted by Gasteiger charge is -2.12. The molecule has 18 heavy (non-hydrogen) atoms. The molecule has 101 valence electrons. The molecule has 1 radical (unpaired) electrons. The molecule has 2 nitrogen and oxygen atoms in total. The molecule has 0 aliphatic heterocycles. The number of ether oxygens (including phenoxy) is 2. The molecule has 0 saturated carbocycles. The maximum Gasteiger partial charge on any atom is 0.161 e. The Morgan fingerprint density at radius 3 is 2.11 bits per heavy atom. The Kier molecular flexibility index (Phi) is 8.11. The highest BCUT2D eigenvalue weighted by atomic mass is 16.5. The second kappa shape index (κ2) is 9.81. The average molecular weight is 249 g/mol. The maximum atomic E-state index is 5.75. The molecule has 2 heteroatoms. The first-order valence-corrected chi connectivity index (χ1v) is 7.14. The minimum absolute atomic E-state index is 0.761. The van der Waals surface area contributed by atoms with Crippen molar-refractivity contribution in [1.29, 1.82) is 0 Å². The minimum Gasteiger partial charge on any atom is -0.490 e. The van der Waals surface area contributed by atoms with Crippen LogP contribution < -0.4 is 9.47 Å². The third-order valence-corrected chi connectivity index (χ3v) is 2.80. The second-order valence-corrected chi connectivity index (χ2v) is 4.48. The van der Waals surface area contributed by atoms with Gasteiger partial charge in [-0.1, -0.05) is 45.6 Å². The van der Waals surface area contributed by atoms with Crippen molar-refractivity contribution >= 4 is 0 Å². The number of hydrogen-bond donors (Lipinski definition) is 0. The molecular weight excluding hydrogens is 224 g/mol. The third kappa shape index (κ3) is 5.95. The van der Waals surface area contributed by atoms with E-state index in [-0.39, 0.29) is 0 Å². The predicted octanol–water partition coefficient (Wildman–Crippen LogP) is 4.62. The maximum absolute atomic E-state index is 5.75. The summed E-state index contributed by atoms with van der Waals surface area (Å²) in [6.07, 6.45) is 7.05. The van der Waals surface area contributed by atoms with Crippen molar-refractivity contribution in [2.24, 2.45) is 0 Å². The van der Waals surface area contributed by atoms with E-state index >= 15 is 0 Å². The summed E-state index contributed by atoms with van der Waals surface area (Å²) in [7, 11) is 0. The van der Waals surface area contributed by atoms with Crippen molar-refractivity contribution in [3.8, 4) is 11.5 Å². The smallest absolute Gasteiger partial charge is 0.161 e. The van der Waals surface area contributed by atoms with Gasteiger partial charge in [0.2, 0.25) is 0 Å². The van der Waals surface area contributed by atoms with Gasteiger partial charge in [-0.3, -0.25) is 0 Å². The quantitative estimate of drug-likeness (QED) is 0.563. The Balaban J connectivity index is 2.36. The summed E-state index contributed by atoms with van der Waals surface area (Å²) in [5, 5.41) is 0. The summed E-state index contributed by atoms with van der Waals surface area (Å²) < 4.78 is 11.5. The Morgan fingerprint density at radius 1 is 0.889 bits per heavy atom. The second-order valence-electron chi connectivity index (χ2n) is 4.48. The summed E-state index contributed by atoms with van der Waals surface area (Å²) >= 11 is 0. The third-order valence-electron chi connectivity index (χ3n) is 2.80. The largest absolute Gasteiger partial charge is 0.490 e. The standard InChI is InChI=1S/C16H25O2/c1-3-5-9-13-17-15-11-7-8-12-16(15)18-14-10-6-4-2/h7,11-12H,3-6,9-10,13-14H2,1-2H3. The van der Waals surface area contributed by atoms with Crippen molar-refractivity contribution in [3.05, 3.63) is 24.3 Å². The van der Waals surface area contributed by atoms with Gasteiger partial charge in [0.1, 0.15) is 0 Å². The first kappa shape index (κ1) is 14.9. The fourth-order valence-electron chi connectivity index (χ4n) is 1.70. The molecule has 0 amide bonds. The molecular formula is C16H25O2. The van der Waals surface area contributed by atoms with Crippen molar-refractivity contribution in [2.75, 3.05) is 13.2 Å². The molecule has 0 spiro atoms. The predicted molar refractivity (Wildman–Crippen MR) is 75.3 cm³/mol. The van der Waals surface area contributed by atoms with Crippen molar-refractivity contribution in [1.82, 2.24) is 0 Å². The van der Waals surface area contributed by atoms with Gasteiger partial charge < -0.3 is 9.47 Å². The zero-order chi connectivity index (χ0) is 13.1. The summed E-state index contributed by atoms with van der Waals surface area (Å²) in [6, 6.07) is 8.70. The van der Waals surface area contributed by atoms with Gasteiger partial charge in [-0.15, -0.1) is 0 Å². The van der Waals surface area contributed by atoms with Crippen LogP contribution in [0.15, 0.2) is 18.2 Å². The number of unbranched alkanes of at least 4 members (excludes halogenated alkanes) is 4.